The molecule has 1 unspecified atom stereocenters. The van der Waals surface area contributed by atoms with Crippen molar-refractivity contribution in [1.29, 1.82) is 0 Å². The van der Waals surface area contributed by atoms with Crippen LogP contribution in [0.4, 0.5) is 5.82 Å². The highest BCUT2D eigenvalue weighted by Crippen LogP contribution is 2.30. The van der Waals surface area contributed by atoms with Crippen LogP contribution in [0.15, 0.2) is 24.3 Å². The molecule has 2 aliphatic heterocycles. The second kappa shape index (κ2) is 8.98. The van der Waals surface area contributed by atoms with Gasteiger partial charge in [0.05, 0.1) is 12.5 Å². The molecule has 7 nitrogen and oxygen atoms in total. The molecule has 30 heavy (non-hydrogen) atoms. The highest BCUT2D eigenvalue weighted by atomic mass is 16.5. The van der Waals surface area contributed by atoms with Crippen LogP contribution in [0.25, 0.3) is 10.8 Å². The van der Waals surface area contributed by atoms with Gasteiger partial charge in [0.2, 0.25) is 0 Å². The van der Waals surface area contributed by atoms with E-state index in [2.05, 4.69) is 22.0 Å². The van der Waals surface area contributed by atoms with Crippen LogP contribution >= 0.6 is 0 Å². The van der Waals surface area contributed by atoms with E-state index >= 15 is 0 Å². The Morgan fingerprint density at radius 2 is 1.80 bits per heavy atom. The smallest absolute Gasteiger partial charge is 0.310 e. The minimum Gasteiger partial charge on any atom is -0.466 e. The van der Waals surface area contributed by atoms with Crippen LogP contribution in [-0.2, 0) is 9.53 Å². The maximum absolute atomic E-state index is 13.3. The fraction of sp³-hybridized carbons (Fsp3) is 0.565. The van der Waals surface area contributed by atoms with Crippen molar-refractivity contribution in [2.45, 2.75) is 39.5 Å². The van der Waals surface area contributed by atoms with Crippen molar-refractivity contribution in [2.75, 3.05) is 37.7 Å². The summed E-state index contributed by atoms with van der Waals surface area (Å²) in [6.07, 6.45) is 3.81. The van der Waals surface area contributed by atoms with Gasteiger partial charge in [0.25, 0.3) is 5.91 Å². The number of piperidine rings is 2. The van der Waals surface area contributed by atoms with E-state index < -0.39 is 0 Å². The molecule has 7 heteroatoms. The zero-order valence-electron chi connectivity index (χ0n) is 17.8. The van der Waals surface area contributed by atoms with Crippen molar-refractivity contribution in [3.8, 4) is 0 Å². The lowest BCUT2D eigenvalue weighted by molar-refractivity contribution is -0.149. The van der Waals surface area contributed by atoms with E-state index in [1.807, 2.05) is 24.3 Å². The first-order valence-electron chi connectivity index (χ1n) is 11.0. The summed E-state index contributed by atoms with van der Waals surface area (Å²) >= 11 is 0. The molecule has 160 valence electrons. The van der Waals surface area contributed by atoms with E-state index in [1.54, 1.807) is 11.8 Å². The van der Waals surface area contributed by atoms with E-state index in [0.717, 1.165) is 61.3 Å². The summed E-state index contributed by atoms with van der Waals surface area (Å²) < 4.78 is 5.17. The molecular weight excluding hydrogens is 380 g/mol. The van der Waals surface area contributed by atoms with Gasteiger partial charge in [-0.05, 0) is 38.5 Å². The minimum absolute atomic E-state index is 0.161. The van der Waals surface area contributed by atoms with Crippen molar-refractivity contribution >= 4 is 28.5 Å². The fourth-order valence-electron chi connectivity index (χ4n) is 4.47. The van der Waals surface area contributed by atoms with Crippen LogP contribution in [0.3, 0.4) is 0 Å². The number of ether oxygens (including phenoxy) is 1. The molecule has 4 rings (SSSR count). The van der Waals surface area contributed by atoms with Crippen molar-refractivity contribution in [1.82, 2.24) is 15.1 Å². The van der Waals surface area contributed by atoms with Gasteiger partial charge in [-0.25, -0.2) is 0 Å². The average Bonchev–Trinajstić information content (AvgIpc) is 2.79. The van der Waals surface area contributed by atoms with Crippen molar-refractivity contribution in [2.24, 2.45) is 11.8 Å². The summed E-state index contributed by atoms with van der Waals surface area (Å²) in [5.74, 6) is 0.938. The van der Waals surface area contributed by atoms with Gasteiger partial charge in [0.1, 0.15) is 0 Å². The Morgan fingerprint density at radius 3 is 2.53 bits per heavy atom. The van der Waals surface area contributed by atoms with E-state index in [-0.39, 0.29) is 17.8 Å². The Kier molecular flexibility index (Phi) is 6.16. The second-order valence-corrected chi connectivity index (χ2v) is 8.43. The second-order valence-electron chi connectivity index (χ2n) is 8.43. The number of amides is 1. The molecule has 1 aromatic carbocycles. The third kappa shape index (κ3) is 4.11. The number of likely N-dealkylation sites (tertiary alicyclic amines) is 1. The number of fused-ring (bicyclic) bond motifs is 1. The molecule has 1 amide bonds. The van der Waals surface area contributed by atoms with E-state index in [1.165, 1.54) is 0 Å². The quantitative estimate of drug-likeness (QED) is 0.720. The molecule has 0 aliphatic carbocycles. The maximum Gasteiger partial charge on any atom is 0.310 e. The molecule has 2 fully saturated rings. The zero-order valence-corrected chi connectivity index (χ0v) is 17.8. The highest BCUT2D eigenvalue weighted by Gasteiger charge is 2.31. The molecule has 0 radical (unpaired) electrons. The van der Waals surface area contributed by atoms with Crippen molar-refractivity contribution in [3.63, 3.8) is 0 Å². The lowest BCUT2D eigenvalue weighted by atomic mass is 9.97. The first-order valence-corrected chi connectivity index (χ1v) is 11.0. The molecule has 2 saturated heterocycles. The van der Waals surface area contributed by atoms with Gasteiger partial charge in [-0.2, -0.15) is 0 Å². The standard InChI is InChI=1S/C23H30N4O3/c1-3-30-23(29)17-7-6-12-27(15-17)22(28)20-18-8-4-5-9-19(18)21(25-24-20)26-13-10-16(2)11-14-26/h4-5,8-9,16-17H,3,6-7,10-15H2,1-2H3. The van der Waals surface area contributed by atoms with E-state index in [4.69, 9.17) is 4.74 Å². The molecule has 1 atom stereocenters. The maximum atomic E-state index is 13.3. The molecule has 2 aliphatic rings. The third-order valence-electron chi connectivity index (χ3n) is 6.28. The Hall–Kier alpha value is -2.70. The molecule has 0 bridgehead atoms. The van der Waals surface area contributed by atoms with Crippen LogP contribution < -0.4 is 4.90 Å². The predicted octanol–water partition coefficient (Wildman–Crippen LogP) is 3.28. The van der Waals surface area contributed by atoms with Gasteiger partial charge in [-0.3, -0.25) is 9.59 Å². The largest absolute Gasteiger partial charge is 0.466 e. The summed E-state index contributed by atoms with van der Waals surface area (Å²) in [5, 5.41) is 10.7. The van der Waals surface area contributed by atoms with Gasteiger partial charge in [-0.15, -0.1) is 10.2 Å². The third-order valence-corrected chi connectivity index (χ3v) is 6.28. The number of esters is 1. The number of rotatable bonds is 4. The van der Waals surface area contributed by atoms with Gasteiger partial charge in [0, 0.05) is 37.0 Å². The molecular formula is C23H30N4O3. The monoisotopic (exact) mass is 410 g/mol. The number of benzene rings is 1. The number of carbonyl (C=O) groups is 2. The van der Waals surface area contributed by atoms with Crippen molar-refractivity contribution in [3.05, 3.63) is 30.0 Å². The topological polar surface area (TPSA) is 75.6 Å². The zero-order chi connectivity index (χ0) is 21.1. The van der Waals surface area contributed by atoms with Crippen LogP contribution in [-0.4, -0.2) is 59.8 Å². The molecule has 0 spiro atoms. The summed E-state index contributed by atoms with van der Waals surface area (Å²) in [6.45, 7) is 7.36. The lowest BCUT2D eigenvalue weighted by Crippen LogP contribution is -2.43. The van der Waals surface area contributed by atoms with Gasteiger partial charge in [-0.1, -0.05) is 31.2 Å². The first kappa shape index (κ1) is 20.6. The van der Waals surface area contributed by atoms with Crippen LogP contribution in [0, 0.1) is 11.8 Å². The number of nitrogens with zero attached hydrogens (tertiary/aromatic N) is 4. The van der Waals surface area contributed by atoms with Gasteiger partial charge < -0.3 is 14.5 Å². The Morgan fingerprint density at radius 1 is 1.07 bits per heavy atom. The molecule has 0 saturated carbocycles. The number of hydrogen-bond donors (Lipinski definition) is 0. The number of hydrogen-bond acceptors (Lipinski definition) is 6. The summed E-state index contributed by atoms with van der Waals surface area (Å²) in [4.78, 5) is 29.5. The predicted molar refractivity (Wildman–Crippen MR) is 115 cm³/mol. The van der Waals surface area contributed by atoms with E-state index in [0.29, 0.717) is 25.4 Å². The minimum atomic E-state index is -0.267. The summed E-state index contributed by atoms with van der Waals surface area (Å²) in [6, 6.07) is 7.87. The van der Waals surface area contributed by atoms with Crippen molar-refractivity contribution < 1.29 is 14.3 Å². The Labute approximate surface area is 177 Å². The summed E-state index contributed by atoms with van der Waals surface area (Å²) in [7, 11) is 0. The SMILES string of the molecule is CCOC(=O)C1CCCN(C(=O)c2nnc(N3CCC(C)CC3)c3ccccc23)C1. The molecule has 1 aromatic heterocycles. The molecule has 2 aromatic rings. The number of carbonyl (C=O) groups excluding carboxylic acids is 2. The van der Waals surface area contributed by atoms with Crippen LogP contribution in [0.1, 0.15) is 50.0 Å². The Bertz CT molecular complexity index is 924. The average molecular weight is 411 g/mol. The molecule has 0 N–H and O–H groups in total. The number of anilines is 1. The first-order chi connectivity index (χ1) is 14.6. The number of aromatic nitrogens is 2. The Balaban J connectivity index is 1.61. The normalized spacial score (nSPS) is 20.4. The lowest BCUT2D eigenvalue weighted by Gasteiger charge is -2.33. The molecule has 3 heterocycles. The van der Waals surface area contributed by atoms with Crippen LogP contribution in [0.2, 0.25) is 0 Å². The van der Waals surface area contributed by atoms with E-state index in [9.17, 15) is 9.59 Å². The summed E-state index contributed by atoms with van der Waals surface area (Å²) in [5.41, 5.74) is 0.365. The van der Waals surface area contributed by atoms with Gasteiger partial charge >= 0.3 is 5.97 Å². The fourth-order valence-corrected chi connectivity index (χ4v) is 4.47. The van der Waals surface area contributed by atoms with Crippen LogP contribution in [0.5, 0.6) is 0 Å². The van der Waals surface area contributed by atoms with Gasteiger partial charge in [0.15, 0.2) is 11.5 Å². The highest BCUT2D eigenvalue weighted by molar-refractivity contribution is 6.07.